The molecule has 1 saturated heterocycles. The minimum Gasteiger partial charge on any atom is -0.370 e. The zero-order valence-electron chi connectivity index (χ0n) is 9.77. The van der Waals surface area contributed by atoms with Crippen molar-refractivity contribution < 1.29 is 9.53 Å². The molecule has 1 N–H and O–H groups in total. The van der Waals surface area contributed by atoms with E-state index >= 15 is 0 Å². The molecule has 1 aliphatic rings. The Morgan fingerprint density at radius 2 is 2.24 bits per heavy atom. The maximum atomic E-state index is 12.4. The van der Waals surface area contributed by atoms with Gasteiger partial charge in [-0.25, -0.2) is 0 Å². The summed E-state index contributed by atoms with van der Waals surface area (Å²) in [6, 6.07) is 7.86. The zero-order chi connectivity index (χ0) is 11.8. The van der Waals surface area contributed by atoms with Gasteiger partial charge in [0.2, 0.25) is 0 Å². The number of H-pyrrole nitrogens is 1. The maximum absolute atomic E-state index is 12.4. The Bertz CT molecular complexity index is 558. The molecule has 0 spiro atoms. The summed E-state index contributed by atoms with van der Waals surface area (Å²) in [6.07, 6.45) is 2.49. The lowest BCUT2D eigenvalue weighted by molar-refractivity contribution is 0.0581. The van der Waals surface area contributed by atoms with Crippen molar-refractivity contribution in [3.8, 4) is 0 Å². The van der Waals surface area contributed by atoms with Gasteiger partial charge in [0.25, 0.3) is 0 Å². The summed E-state index contributed by atoms with van der Waals surface area (Å²) >= 11 is 0. The fraction of sp³-hybridized carbons (Fsp3) is 0.357. The van der Waals surface area contributed by atoms with Crippen LogP contribution in [0.2, 0.25) is 0 Å². The minimum atomic E-state index is -0.269. The molecular formula is C14H15NO2. The fourth-order valence-corrected chi connectivity index (χ4v) is 2.46. The highest BCUT2D eigenvalue weighted by Gasteiger charge is 2.32. The Kier molecular flexibility index (Phi) is 2.48. The Balaban J connectivity index is 2.01. The van der Waals surface area contributed by atoms with E-state index < -0.39 is 0 Å². The van der Waals surface area contributed by atoms with E-state index in [4.69, 9.17) is 4.74 Å². The average molecular weight is 229 g/mol. The van der Waals surface area contributed by atoms with Crippen LogP contribution in [0.4, 0.5) is 0 Å². The SMILES string of the molecule is CC1CCOC1C(=O)c1c[nH]c2ccccc12. The first-order valence-electron chi connectivity index (χ1n) is 5.99. The van der Waals surface area contributed by atoms with Crippen LogP contribution in [0.25, 0.3) is 10.9 Å². The van der Waals surface area contributed by atoms with Gasteiger partial charge in [0, 0.05) is 29.3 Å². The van der Waals surface area contributed by atoms with E-state index in [0.717, 1.165) is 22.9 Å². The summed E-state index contributed by atoms with van der Waals surface area (Å²) in [6.45, 7) is 2.77. The summed E-state index contributed by atoms with van der Waals surface area (Å²) in [5, 5.41) is 0.986. The highest BCUT2D eigenvalue weighted by atomic mass is 16.5. The molecule has 17 heavy (non-hydrogen) atoms. The second-order valence-electron chi connectivity index (χ2n) is 4.67. The molecule has 3 nitrogen and oxygen atoms in total. The van der Waals surface area contributed by atoms with Crippen molar-refractivity contribution in [1.82, 2.24) is 4.98 Å². The van der Waals surface area contributed by atoms with E-state index in [1.165, 1.54) is 0 Å². The van der Waals surface area contributed by atoms with Gasteiger partial charge < -0.3 is 9.72 Å². The quantitative estimate of drug-likeness (QED) is 0.804. The molecule has 1 fully saturated rings. The third-order valence-electron chi connectivity index (χ3n) is 3.50. The monoisotopic (exact) mass is 229 g/mol. The van der Waals surface area contributed by atoms with Crippen molar-refractivity contribution in [3.05, 3.63) is 36.0 Å². The summed E-state index contributed by atoms with van der Waals surface area (Å²) in [5.74, 6) is 0.420. The van der Waals surface area contributed by atoms with Crippen LogP contribution >= 0.6 is 0 Å². The summed E-state index contributed by atoms with van der Waals surface area (Å²) < 4.78 is 5.54. The van der Waals surface area contributed by atoms with E-state index in [1.54, 1.807) is 6.20 Å². The molecule has 0 aliphatic carbocycles. The molecule has 1 aromatic heterocycles. The molecule has 1 aliphatic heterocycles. The van der Waals surface area contributed by atoms with Crippen LogP contribution in [-0.4, -0.2) is 23.5 Å². The van der Waals surface area contributed by atoms with Gasteiger partial charge in [-0.1, -0.05) is 25.1 Å². The Morgan fingerprint density at radius 3 is 3.00 bits per heavy atom. The third kappa shape index (κ3) is 1.67. The second kappa shape index (κ2) is 4.00. The van der Waals surface area contributed by atoms with Crippen molar-refractivity contribution in [2.24, 2.45) is 5.92 Å². The Labute approximate surface area is 99.8 Å². The van der Waals surface area contributed by atoms with Gasteiger partial charge in [-0.15, -0.1) is 0 Å². The van der Waals surface area contributed by atoms with Gasteiger partial charge in [0.05, 0.1) is 0 Å². The van der Waals surface area contributed by atoms with E-state index in [-0.39, 0.29) is 11.9 Å². The molecule has 3 rings (SSSR count). The summed E-state index contributed by atoms with van der Waals surface area (Å²) in [4.78, 5) is 15.5. The van der Waals surface area contributed by atoms with Crippen molar-refractivity contribution in [1.29, 1.82) is 0 Å². The fourth-order valence-electron chi connectivity index (χ4n) is 2.46. The first-order chi connectivity index (χ1) is 8.27. The summed E-state index contributed by atoms with van der Waals surface area (Å²) in [7, 11) is 0. The summed E-state index contributed by atoms with van der Waals surface area (Å²) in [5.41, 5.74) is 1.75. The number of aromatic amines is 1. The molecule has 0 amide bonds. The second-order valence-corrected chi connectivity index (χ2v) is 4.67. The number of benzene rings is 1. The lowest BCUT2D eigenvalue weighted by atomic mass is 9.96. The normalized spacial score (nSPS) is 24.3. The van der Waals surface area contributed by atoms with Crippen LogP contribution in [-0.2, 0) is 4.74 Å². The van der Waals surface area contributed by atoms with Gasteiger partial charge in [-0.05, 0) is 18.4 Å². The van der Waals surface area contributed by atoms with Crippen molar-refractivity contribution in [3.63, 3.8) is 0 Å². The van der Waals surface area contributed by atoms with Crippen LogP contribution < -0.4 is 0 Å². The number of carbonyl (C=O) groups excluding carboxylic acids is 1. The highest BCUT2D eigenvalue weighted by molar-refractivity contribution is 6.10. The van der Waals surface area contributed by atoms with Gasteiger partial charge in [0.15, 0.2) is 5.78 Å². The van der Waals surface area contributed by atoms with Gasteiger partial charge >= 0.3 is 0 Å². The van der Waals surface area contributed by atoms with Crippen LogP contribution in [0.3, 0.4) is 0 Å². The van der Waals surface area contributed by atoms with Gasteiger partial charge in [0.1, 0.15) is 6.10 Å². The number of ketones is 1. The molecule has 0 bridgehead atoms. The number of aromatic nitrogens is 1. The molecule has 0 saturated carbocycles. The van der Waals surface area contributed by atoms with Crippen LogP contribution in [0.15, 0.2) is 30.5 Å². The molecule has 2 aromatic rings. The standard InChI is InChI=1S/C14H15NO2/c1-9-6-7-17-14(9)13(16)11-8-15-12-5-3-2-4-10(11)12/h2-5,8-9,14-15H,6-7H2,1H3. The lowest BCUT2D eigenvalue weighted by Crippen LogP contribution is -2.24. The Morgan fingerprint density at radius 1 is 1.41 bits per heavy atom. The minimum absolute atomic E-state index is 0.104. The van der Waals surface area contributed by atoms with Crippen LogP contribution in [0.1, 0.15) is 23.7 Å². The molecular weight excluding hydrogens is 214 g/mol. The number of fused-ring (bicyclic) bond motifs is 1. The van der Waals surface area contributed by atoms with Gasteiger partial charge in [-0.3, -0.25) is 4.79 Å². The van der Waals surface area contributed by atoms with E-state index in [2.05, 4.69) is 11.9 Å². The van der Waals surface area contributed by atoms with Crippen LogP contribution in [0, 0.1) is 5.92 Å². The van der Waals surface area contributed by atoms with Crippen molar-refractivity contribution >= 4 is 16.7 Å². The molecule has 1 aromatic carbocycles. The number of carbonyl (C=O) groups is 1. The number of nitrogens with one attached hydrogen (secondary N) is 1. The third-order valence-corrected chi connectivity index (χ3v) is 3.50. The molecule has 2 atom stereocenters. The average Bonchev–Trinajstić information content (AvgIpc) is 2.94. The van der Waals surface area contributed by atoms with Crippen LogP contribution in [0.5, 0.6) is 0 Å². The number of para-hydroxylation sites is 1. The lowest BCUT2D eigenvalue weighted by Gasteiger charge is -2.12. The van der Waals surface area contributed by atoms with E-state index in [9.17, 15) is 4.79 Å². The highest BCUT2D eigenvalue weighted by Crippen LogP contribution is 2.26. The van der Waals surface area contributed by atoms with Crippen molar-refractivity contribution in [2.45, 2.75) is 19.4 Å². The predicted octanol–water partition coefficient (Wildman–Crippen LogP) is 2.78. The largest absolute Gasteiger partial charge is 0.370 e. The first kappa shape index (κ1) is 10.5. The molecule has 3 heteroatoms. The maximum Gasteiger partial charge on any atom is 0.193 e. The molecule has 2 unspecified atom stereocenters. The number of Topliss-reactive ketones (excluding diaryl/α,β-unsaturated/α-hetero) is 1. The first-order valence-corrected chi connectivity index (χ1v) is 5.99. The number of hydrogen-bond acceptors (Lipinski definition) is 2. The molecule has 0 radical (unpaired) electrons. The zero-order valence-corrected chi connectivity index (χ0v) is 9.77. The Hall–Kier alpha value is -1.61. The number of hydrogen-bond donors (Lipinski definition) is 1. The van der Waals surface area contributed by atoms with E-state index in [1.807, 2.05) is 24.3 Å². The van der Waals surface area contributed by atoms with Crippen molar-refractivity contribution in [2.75, 3.05) is 6.61 Å². The van der Waals surface area contributed by atoms with Gasteiger partial charge in [-0.2, -0.15) is 0 Å². The molecule has 2 heterocycles. The van der Waals surface area contributed by atoms with E-state index in [0.29, 0.717) is 12.5 Å². The predicted molar refractivity (Wildman–Crippen MR) is 66.2 cm³/mol. The number of ether oxygens (including phenoxy) is 1. The topological polar surface area (TPSA) is 42.1 Å². The smallest absolute Gasteiger partial charge is 0.193 e. The molecule has 88 valence electrons. The number of rotatable bonds is 2.